The normalized spacial score (nSPS) is 11.4. The molecule has 0 radical (unpaired) electrons. The molecule has 2 aromatic heterocycles. The lowest BCUT2D eigenvalue weighted by molar-refractivity contribution is -0.148. The molecular formula is C22H27N3O4. The maximum atomic E-state index is 12.3. The quantitative estimate of drug-likeness (QED) is 0.387. The van der Waals surface area contributed by atoms with E-state index >= 15 is 0 Å². The molecule has 1 amide bonds. The van der Waals surface area contributed by atoms with E-state index in [1.54, 1.807) is 19.2 Å². The minimum atomic E-state index is -0.819. The van der Waals surface area contributed by atoms with E-state index < -0.39 is 12.6 Å². The van der Waals surface area contributed by atoms with Crippen LogP contribution in [0.1, 0.15) is 36.6 Å². The molecule has 2 heterocycles. The van der Waals surface area contributed by atoms with E-state index in [9.17, 15) is 14.9 Å². The Morgan fingerprint density at radius 2 is 2.10 bits per heavy atom. The van der Waals surface area contributed by atoms with Crippen LogP contribution in [0.25, 0.3) is 6.08 Å². The van der Waals surface area contributed by atoms with Crippen molar-refractivity contribution in [1.29, 1.82) is 5.26 Å². The van der Waals surface area contributed by atoms with E-state index in [2.05, 4.69) is 18.4 Å². The van der Waals surface area contributed by atoms with Crippen molar-refractivity contribution in [2.45, 2.75) is 40.8 Å². The highest BCUT2D eigenvalue weighted by molar-refractivity contribution is 5.99. The van der Waals surface area contributed by atoms with Crippen molar-refractivity contribution in [2.24, 2.45) is 5.92 Å². The number of likely N-dealkylation sites (N-methyl/N-ethyl adjacent to an activating group) is 1. The van der Waals surface area contributed by atoms with E-state index in [1.165, 1.54) is 17.2 Å². The lowest BCUT2D eigenvalue weighted by atomic mass is 10.1. The van der Waals surface area contributed by atoms with Crippen LogP contribution < -0.4 is 0 Å². The molecule has 0 aliphatic carbocycles. The van der Waals surface area contributed by atoms with Gasteiger partial charge in [0.2, 0.25) is 0 Å². The molecule has 0 atom stereocenters. The Hall–Kier alpha value is -3.27. The molecular weight excluding hydrogens is 370 g/mol. The second kappa shape index (κ2) is 9.78. The number of carbonyl (C=O) groups is 2. The predicted octanol–water partition coefficient (Wildman–Crippen LogP) is 3.46. The molecule has 0 saturated carbocycles. The zero-order chi connectivity index (χ0) is 21.6. The molecule has 154 valence electrons. The molecule has 0 N–H and O–H groups in total. The van der Waals surface area contributed by atoms with Crippen LogP contribution in [-0.2, 0) is 27.4 Å². The smallest absolute Gasteiger partial charge is 0.349 e. The van der Waals surface area contributed by atoms with Crippen LogP contribution in [0.2, 0.25) is 0 Å². The molecule has 0 unspecified atom stereocenters. The topological polar surface area (TPSA) is 88.5 Å². The molecule has 2 aromatic rings. The summed E-state index contributed by atoms with van der Waals surface area (Å²) in [7, 11) is 1.59. The van der Waals surface area contributed by atoms with Crippen LogP contribution >= 0.6 is 0 Å². The van der Waals surface area contributed by atoms with Crippen LogP contribution in [0.4, 0.5) is 0 Å². The minimum Gasteiger partial charge on any atom is -0.467 e. The molecule has 0 spiro atoms. The Bertz CT molecular complexity index is 930. The van der Waals surface area contributed by atoms with Gasteiger partial charge in [-0.05, 0) is 49.6 Å². The maximum Gasteiger partial charge on any atom is 0.349 e. The Kier molecular flexibility index (Phi) is 7.43. The standard InChI is InChI=1S/C22H27N3O4/c1-15(2)12-25-16(3)9-18(17(25)4)10-19(11-23)22(27)29-14-21(26)24(5)13-20-7-6-8-28-20/h6-10,15H,12-14H2,1-5H3/b19-10+. The highest BCUT2D eigenvalue weighted by atomic mass is 16.5. The van der Waals surface area contributed by atoms with Gasteiger partial charge in [-0.2, -0.15) is 5.26 Å². The summed E-state index contributed by atoms with van der Waals surface area (Å²) in [6.07, 6.45) is 3.04. The van der Waals surface area contributed by atoms with Gasteiger partial charge >= 0.3 is 5.97 Å². The number of nitriles is 1. The Morgan fingerprint density at radius 3 is 2.69 bits per heavy atom. The third kappa shape index (κ3) is 5.85. The molecule has 0 aliphatic rings. The fourth-order valence-electron chi connectivity index (χ4n) is 2.95. The van der Waals surface area contributed by atoms with Gasteiger partial charge in [0.05, 0.1) is 12.8 Å². The van der Waals surface area contributed by atoms with Crippen molar-refractivity contribution in [3.63, 3.8) is 0 Å². The highest BCUT2D eigenvalue weighted by Crippen LogP contribution is 2.20. The molecule has 0 fully saturated rings. The largest absolute Gasteiger partial charge is 0.467 e. The van der Waals surface area contributed by atoms with Crippen molar-refractivity contribution in [3.05, 3.63) is 52.7 Å². The second-order valence-corrected chi connectivity index (χ2v) is 7.41. The van der Waals surface area contributed by atoms with Gasteiger partial charge in [0.25, 0.3) is 5.91 Å². The van der Waals surface area contributed by atoms with Crippen molar-refractivity contribution < 1.29 is 18.7 Å². The number of aromatic nitrogens is 1. The third-order valence-corrected chi connectivity index (χ3v) is 4.53. The summed E-state index contributed by atoms with van der Waals surface area (Å²) in [5.41, 5.74) is 2.68. The predicted molar refractivity (Wildman–Crippen MR) is 108 cm³/mol. The molecule has 0 saturated heterocycles. The highest BCUT2D eigenvalue weighted by Gasteiger charge is 2.18. The zero-order valence-corrected chi connectivity index (χ0v) is 17.6. The van der Waals surface area contributed by atoms with Gasteiger partial charge in [-0.1, -0.05) is 13.8 Å². The van der Waals surface area contributed by atoms with Crippen LogP contribution in [-0.4, -0.2) is 35.0 Å². The average molecular weight is 397 g/mol. The van der Waals surface area contributed by atoms with Crippen LogP contribution in [0.3, 0.4) is 0 Å². The first kappa shape index (κ1) is 22.0. The summed E-state index contributed by atoms with van der Waals surface area (Å²) in [5, 5.41) is 9.38. The molecule has 7 nitrogen and oxygen atoms in total. The lowest BCUT2D eigenvalue weighted by Gasteiger charge is -2.15. The second-order valence-electron chi connectivity index (χ2n) is 7.41. The molecule has 0 aliphatic heterocycles. The van der Waals surface area contributed by atoms with Gasteiger partial charge < -0.3 is 18.6 Å². The monoisotopic (exact) mass is 397 g/mol. The van der Waals surface area contributed by atoms with E-state index in [0.29, 0.717) is 11.7 Å². The van der Waals surface area contributed by atoms with Crippen LogP contribution in [0.15, 0.2) is 34.5 Å². The SMILES string of the molecule is Cc1cc(/C=C(\C#N)C(=O)OCC(=O)N(C)Cc2ccco2)c(C)n1CC(C)C. The van der Waals surface area contributed by atoms with Crippen LogP contribution in [0.5, 0.6) is 0 Å². The number of rotatable bonds is 8. The molecule has 29 heavy (non-hydrogen) atoms. The first-order chi connectivity index (χ1) is 13.7. The zero-order valence-electron chi connectivity index (χ0n) is 17.6. The fraction of sp³-hybridized carbons (Fsp3) is 0.409. The van der Waals surface area contributed by atoms with Crippen LogP contribution in [0, 0.1) is 31.1 Å². The van der Waals surface area contributed by atoms with Gasteiger partial charge in [-0.3, -0.25) is 4.79 Å². The molecule has 0 aromatic carbocycles. The number of aryl methyl sites for hydroxylation is 1. The van der Waals surface area contributed by atoms with E-state index in [1.807, 2.05) is 26.0 Å². The summed E-state index contributed by atoms with van der Waals surface area (Å²) in [6, 6.07) is 7.29. The van der Waals surface area contributed by atoms with Gasteiger partial charge in [-0.15, -0.1) is 0 Å². The number of ether oxygens (including phenoxy) is 1. The first-order valence-corrected chi connectivity index (χ1v) is 9.45. The number of furan rings is 1. The molecule has 7 heteroatoms. The summed E-state index contributed by atoms with van der Waals surface area (Å²) in [4.78, 5) is 25.8. The summed E-state index contributed by atoms with van der Waals surface area (Å²) in [6.45, 7) is 8.89. The fourth-order valence-corrected chi connectivity index (χ4v) is 2.95. The first-order valence-electron chi connectivity index (χ1n) is 9.45. The maximum absolute atomic E-state index is 12.3. The van der Waals surface area contributed by atoms with Gasteiger partial charge in [0, 0.05) is 25.0 Å². The average Bonchev–Trinajstić information content (AvgIpc) is 3.27. The summed E-state index contributed by atoms with van der Waals surface area (Å²) in [5.74, 6) is -0.106. The number of hydrogen-bond donors (Lipinski definition) is 0. The van der Waals surface area contributed by atoms with Crippen molar-refractivity contribution in [1.82, 2.24) is 9.47 Å². The van der Waals surface area contributed by atoms with Crippen molar-refractivity contribution in [3.8, 4) is 6.07 Å². The van der Waals surface area contributed by atoms with Crippen molar-refractivity contribution in [2.75, 3.05) is 13.7 Å². The summed E-state index contributed by atoms with van der Waals surface area (Å²) >= 11 is 0. The molecule has 2 rings (SSSR count). The van der Waals surface area contributed by atoms with Crippen molar-refractivity contribution >= 4 is 18.0 Å². The Morgan fingerprint density at radius 1 is 1.38 bits per heavy atom. The Balaban J connectivity index is 2.03. The summed E-state index contributed by atoms with van der Waals surface area (Å²) < 4.78 is 12.4. The number of nitrogens with zero attached hydrogens (tertiary/aromatic N) is 3. The number of carbonyl (C=O) groups excluding carboxylic acids is 2. The molecule has 0 bridgehead atoms. The third-order valence-electron chi connectivity index (χ3n) is 4.53. The van der Waals surface area contributed by atoms with E-state index in [4.69, 9.17) is 9.15 Å². The van der Waals surface area contributed by atoms with Gasteiger partial charge in [0.15, 0.2) is 6.61 Å². The van der Waals surface area contributed by atoms with Gasteiger partial charge in [-0.25, -0.2) is 4.79 Å². The van der Waals surface area contributed by atoms with E-state index in [0.717, 1.165) is 23.5 Å². The Labute approximate surface area is 171 Å². The number of esters is 1. The number of amides is 1. The van der Waals surface area contributed by atoms with E-state index in [-0.39, 0.29) is 18.0 Å². The number of hydrogen-bond acceptors (Lipinski definition) is 5. The lowest BCUT2D eigenvalue weighted by Crippen LogP contribution is -2.30. The van der Waals surface area contributed by atoms with Gasteiger partial charge in [0.1, 0.15) is 17.4 Å². The minimum absolute atomic E-state index is 0.142.